The summed E-state index contributed by atoms with van der Waals surface area (Å²) in [5.41, 5.74) is 0. The smallest absolute Gasteiger partial charge is 0.289 e. The molecule has 1 saturated carbocycles. The van der Waals surface area contributed by atoms with E-state index < -0.39 is 0 Å². The summed E-state index contributed by atoms with van der Waals surface area (Å²) in [6.45, 7) is 1.33. The van der Waals surface area contributed by atoms with Gasteiger partial charge in [0, 0.05) is 6.54 Å². The monoisotopic (exact) mass is 221 g/mol. The van der Waals surface area contributed by atoms with Gasteiger partial charge in [0.15, 0.2) is 5.76 Å². The number of hydrogen-bond donors (Lipinski definition) is 0. The van der Waals surface area contributed by atoms with Crippen LogP contribution in [0.2, 0.25) is 0 Å². The summed E-state index contributed by atoms with van der Waals surface area (Å²) < 4.78 is 10.8. The van der Waals surface area contributed by atoms with Crippen molar-refractivity contribution in [1.82, 2.24) is 4.90 Å². The highest BCUT2D eigenvalue weighted by molar-refractivity contribution is 5.91. The van der Waals surface area contributed by atoms with Gasteiger partial charge in [-0.15, -0.1) is 0 Å². The number of nitrogens with zero attached hydrogens (tertiary/aromatic N) is 1. The first kappa shape index (κ1) is 9.90. The van der Waals surface area contributed by atoms with Crippen molar-refractivity contribution in [2.45, 2.75) is 31.4 Å². The third-order valence-electron chi connectivity index (χ3n) is 3.47. The number of morpholine rings is 1. The van der Waals surface area contributed by atoms with E-state index in [1.165, 1.54) is 0 Å². The predicted octanol–water partition coefficient (Wildman–Crippen LogP) is 1.67. The number of carbonyl (C=O) groups is 1. The maximum atomic E-state index is 12.2. The van der Waals surface area contributed by atoms with E-state index in [1.54, 1.807) is 18.4 Å². The van der Waals surface area contributed by atoms with Crippen LogP contribution in [-0.2, 0) is 4.74 Å². The minimum Gasteiger partial charge on any atom is -0.459 e. The molecule has 2 fully saturated rings. The molecule has 1 aromatic heterocycles. The van der Waals surface area contributed by atoms with Crippen LogP contribution in [0.25, 0.3) is 0 Å². The lowest BCUT2D eigenvalue weighted by Crippen LogP contribution is -2.51. The van der Waals surface area contributed by atoms with Crippen molar-refractivity contribution in [3.05, 3.63) is 24.2 Å². The highest BCUT2D eigenvalue weighted by Gasteiger charge is 2.39. The normalized spacial score (nSPS) is 29.1. The van der Waals surface area contributed by atoms with Gasteiger partial charge in [-0.2, -0.15) is 0 Å². The quantitative estimate of drug-likeness (QED) is 0.724. The molecule has 4 nitrogen and oxygen atoms in total. The van der Waals surface area contributed by atoms with Crippen molar-refractivity contribution >= 4 is 5.91 Å². The van der Waals surface area contributed by atoms with Crippen LogP contribution < -0.4 is 0 Å². The van der Waals surface area contributed by atoms with Crippen molar-refractivity contribution in [3.63, 3.8) is 0 Å². The van der Waals surface area contributed by atoms with Crippen molar-refractivity contribution in [2.75, 3.05) is 13.2 Å². The maximum Gasteiger partial charge on any atom is 0.289 e. The molecule has 0 bridgehead atoms. The highest BCUT2D eigenvalue weighted by atomic mass is 16.5. The minimum atomic E-state index is 0.00481. The van der Waals surface area contributed by atoms with Gasteiger partial charge in [-0.1, -0.05) is 0 Å². The Balaban J connectivity index is 1.80. The molecule has 2 atom stereocenters. The van der Waals surface area contributed by atoms with Crippen LogP contribution in [0.5, 0.6) is 0 Å². The molecule has 1 saturated heterocycles. The maximum absolute atomic E-state index is 12.2. The Labute approximate surface area is 94.2 Å². The van der Waals surface area contributed by atoms with Crippen molar-refractivity contribution in [3.8, 4) is 0 Å². The Morgan fingerprint density at radius 3 is 3.19 bits per heavy atom. The fraction of sp³-hybridized carbons (Fsp3) is 0.583. The summed E-state index contributed by atoms with van der Waals surface area (Å²) in [7, 11) is 0. The first-order valence-electron chi connectivity index (χ1n) is 5.82. The molecule has 2 aliphatic rings. The second kappa shape index (κ2) is 3.94. The van der Waals surface area contributed by atoms with E-state index in [0.717, 1.165) is 19.3 Å². The van der Waals surface area contributed by atoms with E-state index in [4.69, 9.17) is 9.15 Å². The number of fused-ring (bicyclic) bond motifs is 1. The van der Waals surface area contributed by atoms with Crippen LogP contribution >= 0.6 is 0 Å². The number of carbonyl (C=O) groups excluding carboxylic acids is 1. The lowest BCUT2D eigenvalue weighted by Gasteiger charge is -2.37. The second-order valence-electron chi connectivity index (χ2n) is 4.38. The molecule has 1 aromatic rings. The van der Waals surface area contributed by atoms with E-state index in [-0.39, 0.29) is 18.1 Å². The highest BCUT2D eigenvalue weighted by Crippen LogP contribution is 2.30. The molecular formula is C12H15NO3. The molecule has 1 aliphatic carbocycles. The average molecular weight is 221 g/mol. The standard InChI is InChI=1S/C12H15NO3/c14-12(11-5-2-7-15-11)13-6-8-16-10-4-1-3-9(10)13/h2,5,7,9-10H,1,3-4,6,8H2. The van der Waals surface area contributed by atoms with E-state index >= 15 is 0 Å². The summed E-state index contributed by atoms with van der Waals surface area (Å²) in [6.07, 6.45) is 5.06. The Bertz CT molecular complexity index is 374. The molecule has 1 amide bonds. The zero-order chi connectivity index (χ0) is 11.0. The molecule has 16 heavy (non-hydrogen) atoms. The molecular weight excluding hydrogens is 206 g/mol. The molecule has 3 rings (SSSR count). The molecule has 2 unspecified atom stereocenters. The van der Waals surface area contributed by atoms with E-state index in [2.05, 4.69) is 0 Å². The van der Waals surface area contributed by atoms with Crippen LogP contribution in [-0.4, -0.2) is 36.1 Å². The SMILES string of the molecule is O=C(c1ccco1)N1CCOC2CCCC21. The second-order valence-corrected chi connectivity index (χ2v) is 4.38. The Kier molecular flexibility index (Phi) is 2.44. The third kappa shape index (κ3) is 1.53. The predicted molar refractivity (Wildman–Crippen MR) is 57.1 cm³/mol. The molecule has 0 aromatic carbocycles. The Hall–Kier alpha value is -1.29. The van der Waals surface area contributed by atoms with E-state index in [0.29, 0.717) is 18.9 Å². The first-order chi connectivity index (χ1) is 7.86. The summed E-state index contributed by atoms with van der Waals surface area (Å²) in [5, 5.41) is 0. The number of rotatable bonds is 1. The van der Waals surface area contributed by atoms with E-state index in [9.17, 15) is 4.79 Å². The number of hydrogen-bond acceptors (Lipinski definition) is 3. The Morgan fingerprint density at radius 2 is 2.38 bits per heavy atom. The van der Waals surface area contributed by atoms with Crippen molar-refractivity contribution in [2.24, 2.45) is 0 Å². The molecule has 86 valence electrons. The molecule has 0 N–H and O–H groups in total. The summed E-state index contributed by atoms with van der Waals surface area (Å²) in [6, 6.07) is 3.73. The lowest BCUT2D eigenvalue weighted by molar-refractivity contribution is -0.0454. The van der Waals surface area contributed by atoms with Gasteiger partial charge < -0.3 is 14.1 Å². The fourth-order valence-corrected chi connectivity index (χ4v) is 2.72. The topological polar surface area (TPSA) is 42.7 Å². The summed E-state index contributed by atoms with van der Waals surface area (Å²) in [5.74, 6) is 0.442. The molecule has 0 radical (unpaired) electrons. The molecule has 1 aliphatic heterocycles. The first-order valence-corrected chi connectivity index (χ1v) is 5.82. The van der Waals surface area contributed by atoms with Gasteiger partial charge in [0.2, 0.25) is 0 Å². The molecule has 0 spiro atoms. The van der Waals surface area contributed by atoms with Crippen molar-refractivity contribution in [1.29, 1.82) is 0 Å². The summed E-state index contributed by atoms with van der Waals surface area (Å²) in [4.78, 5) is 14.1. The minimum absolute atomic E-state index is 0.00481. The number of furan rings is 1. The molecule has 2 heterocycles. The zero-order valence-corrected chi connectivity index (χ0v) is 9.09. The van der Waals surface area contributed by atoms with Crippen LogP contribution in [0.4, 0.5) is 0 Å². The van der Waals surface area contributed by atoms with Gasteiger partial charge >= 0.3 is 0 Å². The number of ether oxygens (including phenoxy) is 1. The van der Waals surface area contributed by atoms with Crippen LogP contribution in [0.3, 0.4) is 0 Å². The third-order valence-corrected chi connectivity index (χ3v) is 3.47. The van der Waals surface area contributed by atoms with Gasteiger partial charge in [-0.05, 0) is 31.4 Å². The number of amides is 1. The largest absolute Gasteiger partial charge is 0.459 e. The molecule has 4 heteroatoms. The van der Waals surface area contributed by atoms with E-state index in [1.807, 2.05) is 4.90 Å². The van der Waals surface area contributed by atoms with Crippen LogP contribution in [0.1, 0.15) is 29.8 Å². The van der Waals surface area contributed by atoms with Gasteiger partial charge in [-0.25, -0.2) is 0 Å². The van der Waals surface area contributed by atoms with Crippen LogP contribution in [0, 0.1) is 0 Å². The lowest BCUT2D eigenvalue weighted by atomic mass is 10.1. The van der Waals surface area contributed by atoms with Gasteiger partial charge in [-0.3, -0.25) is 4.79 Å². The van der Waals surface area contributed by atoms with Gasteiger partial charge in [0.1, 0.15) is 0 Å². The zero-order valence-electron chi connectivity index (χ0n) is 9.09. The summed E-state index contributed by atoms with van der Waals surface area (Å²) >= 11 is 0. The van der Waals surface area contributed by atoms with Crippen molar-refractivity contribution < 1.29 is 13.9 Å². The average Bonchev–Trinajstić information content (AvgIpc) is 2.98. The van der Waals surface area contributed by atoms with Crippen LogP contribution in [0.15, 0.2) is 22.8 Å². The fourth-order valence-electron chi connectivity index (χ4n) is 2.72. The Morgan fingerprint density at radius 1 is 1.44 bits per heavy atom. The van der Waals surface area contributed by atoms with Gasteiger partial charge in [0.25, 0.3) is 5.91 Å². The van der Waals surface area contributed by atoms with Gasteiger partial charge in [0.05, 0.1) is 25.0 Å².